The van der Waals surface area contributed by atoms with Crippen molar-refractivity contribution in [3.05, 3.63) is 24.0 Å². The molecular weight excluding hydrogens is 252 g/mol. The van der Waals surface area contributed by atoms with Crippen LogP contribution in [0.1, 0.15) is 30.3 Å². The van der Waals surface area contributed by atoms with Gasteiger partial charge in [0.05, 0.1) is 0 Å². The zero-order valence-corrected chi connectivity index (χ0v) is 12.6. The van der Waals surface area contributed by atoms with E-state index in [9.17, 15) is 4.79 Å². The number of hydrogen-bond donors (Lipinski definition) is 1. The van der Waals surface area contributed by atoms with Crippen LogP contribution in [0.25, 0.3) is 0 Å². The predicted octanol–water partition coefficient (Wildman–Crippen LogP) is 1.68. The number of amides is 1. The van der Waals surface area contributed by atoms with Crippen LogP contribution < -0.4 is 5.32 Å². The van der Waals surface area contributed by atoms with E-state index in [0.29, 0.717) is 11.7 Å². The fourth-order valence-corrected chi connectivity index (χ4v) is 2.66. The summed E-state index contributed by atoms with van der Waals surface area (Å²) in [7, 11) is 3.48. The van der Waals surface area contributed by atoms with Crippen LogP contribution in [0.4, 0.5) is 5.69 Å². The molecule has 5 nitrogen and oxygen atoms in total. The number of carbonyl (C=O) groups is 1. The van der Waals surface area contributed by atoms with Gasteiger partial charge in [0, 0.05) is 38.6 Å². The van der Waals surface area contributed by atoms with Gasteiger partial charge in [0.25, 0.3) is 5.91 Å². The molecule has 1 unspecified atom stereocenters. The van der Waals surface area contributed by atoms with Crippen LogP contribution in [0.15, 0.2) is 18.3 Å². The Kier molecular flexibility index (Phi) is 4.95. The second kappa shape index (κ2) is 6.70. The Morgan fingerprint density at radius 3 is 3.05 bits per heavy atom. The van der Waals surface area contributed by atoms with E-state index in [0.717, 1.165) is 18.8 Å². The lowest BCUT2D eigenvalue weighted by Gasteiger charge is -2.23. The van der Waals surface area contributed by atoms with E-state index in [4.69, 9.17) is 0 Å². The molecule has 5 heteroatoms. The highest BCUT2D eigenvalue weighted by molar-refractivity contribution is 5.92. The molecule has 1 atom stereocenters. The summed E-state index contributed by atoms with van der Waals surface area (Å²) in [5, 5.41) is 3.43. The fraction of sp³-hybridized carbons (Fsp3) is 0.600. The first kappa shape index (κ1) is 14.8. The molecule has 1 fully saturated rings. The molecule has 0 saturated carbocycles. The molecule has 1 aromatic rings. The molecule has 0 aromatic carbocycles. The van der Waals surface area contributed by atoms with Crippen molar-refractivity contribution in [3.8, 4) is 0 Å². The Balaban J connectivity index is 1.96. The van der Waals surface area contributed by atoms with Gasteiger partial charge < -0.3 is 10.2 Å². The van der Waals surface area contributed by atoms with Crippen LogP contribution in [-0.2, 0) is 0 Å². The molecule has 2 heterocycles. The normalized spacial score (nSPS) is 19.1. The minimum absolute atomic E-state index is 0.0651. The second-order valence-electron chi connectivity index (χ2n) is 5.43. The average molecular weight is 276 g/mol. The smallest absolute Gasteiger partial charge is 0.272 e. The standard InChI is InChI=1S/C15H24N4O/c1-4-19-9-5-6-13(19)11-17-12-7-8-16-14(10-12)15(20)18(2)3/h7-8,10,13H,4-6,9,11H2,1-3H3,(H,16,17). The van der Waals surface area contributed by atoms with Crippen molar-refractivity contribution in [2.24, 2.45) is 0 Å². The predicted molar refractivity (Wildman–Crippen MR) is 81.0 cm³/mol. The minimum atomic E-state index is -0.0651. The van der Waals surface area contributed by atoms with Crippen LogP contribution in [0.5, 0.6) is 0 Å². The summed E-state index contributed by atoms with van der Waals surface area (Å²) in [6.07, 6.45) is 4.21. The van der Waals surface area contributed by atoms with E-state index < -0.39 is 0 Å². The maximum absolute atomic E-state index is 11.9. The first-order valence-corrected chi connectivity index (χ1v) is 7.27. The number of pyridine rings is 1. The molecular formula is C15H24N4O. The van der Waals surface area contributed by atoms with Crippen LogP contribution >= 0.6 is 0 Å². The zero-order chi connectivity index (χ0) is 14.5. The Bertz CT molecular complexity index is 461. The van der Waals surface area contributed by atoms with E-state index in [1.54, 1.807) is 25.2 Å². The Hall–Kier alpha value is -1.62. The number of carbonyl (C=O) groups excluding carboxylic acids is 1. The largest absolute Gasteiger partial charge is 0.383 e. The molecule has 1 N–H and O–H groups in total. The number of hydrogen-bond acceptors (Lipinski definition) is 4. The number of anilines is 1. The molecule has 1 aliphatic rings. The maximum atomic E-state index is 11.9. The maximum Gasteiger partial charge on any atom is 0.272 e. The number of likely N-dealkylation sites (tertiary alicyclic amines) is 1. The van der Waals surface area contributed by atoms with Crippen molar-refractivity contribution in [2.75, 3.05) is 39.0 Å². The molecule has 20 heavy (non-hydrogen) atoms. The van der Waals surface area contributed by atoms with E-state index >= 15 is 0 Å². The Morgan fingerprint density at radius 1 is 1.55 bits per heavy atom. The zero-order valence-electron chi connectivity index (χ0n) is 12.6. The number of nitrogens with one attached hydrogen (secondary N) is 1. The third kappa shape index (κ3) is 3.48. The topological polar surface area (TPSA) is 48.5 Å². The molecule has 0 spiro atoms. The number of aromatic nitrogens is 1. The molecule has 1 aromatic heterocycles. The van der Waals surface area contributed by atoms with Gasteiger partial charge in [0.1, 0.15) is 5.69 Å². The molecule has 1 amide bonds. The van der Waals surface area contributed by atoms with Crippen LogP contribution in [0, 0.1) is 0 Å². The van der Waals surface area contributed by atoms with Crippen LogP contribution in [-0.4, -0.2) is 60.5 Å². The summed E-state index contributed by atoms with van der Waals surface area (Å²) >= 11 is 0. The van der Waals surface area contributed by atoms with E-state index in [1.165, 1.54) is 19.4 Å². The third-order valence-corrected chi connectivity index (χ3v) is 3.83. The quantitative estimate of drug-likeness (QED) is 0.889. The van der Waals surface area contributed by atoms with Crippen molar-refractivity contribution in [1.29, 1.82) is 0 Å². The van der Waals surface area contributed by atoms with Gasteiger partial charge in [0.15, 0.2) is 0 Å². The van der Waals surface area contributed by atoms with Gasteiger partial charge >= 0.3 is 0 Å². The Morgan fingerprint density at radius 2 is 2.35 bits per heavy atom. The van der Waals surface area contributed by atoms with E-state index in [-0.39, 0.29) is 5.91 Å². The van der Waals surface area contributed by atoms with Gasteiger partial charge in [-0.2, -0.15) is 0 Å². The molecule has 0 aliphatic carbocycles. The van der Waals surface area contributed by atoms with E-state index in [1.807, 2.05) is 12.1 Å². The monoisotopic (exact) mass is 276 g/mol. The summed E-state index contributed by atoms with van der Waals surface area (Å²) in [6, 6.07) is 4.34. The number of likely N-dealkylation sites (N-methyl/N-ethyl adjacent to an activating group) is 1. The molecule has 1 saturated heterocycles. The third-order valence-electron chi connectivity index (χ3n) is 3.83. The van der Waals surface area contributed by atoms with Crippen molar-refractivity contribution in [1.82, 2.24) is 14.8 Å². The number of rotatable bonds is 5. The van der Waals surface area contributed by atoms with Gasteiger partial charge in [-0.1, -0.05) is 6.92 Å². The second-order valence-corrected chi connectivity index (χ2v) is 5.43. The lowest BCUT2D eigenvalue weighted by molar-refractivity contribution is 0.0822. The lowest BCUT2D eigenvalue weighted by Crippen LogP contribution is -2.34. The highest BCUT2D eigenvalue weighted by Crippen LogP contribution is 2.17. The summed E-state index contributed by atoms with van der Waals surface area (Å²) < 4.78 is 0. The summed E-state index contributed by atoms with van der Waals surface area (Å²) in [6.45, 7) is 5.43. The Labute approximate surface area is 121 Å². The summed E-state index contributed by atoms with van der Waals surface area (Å²) in [4.78, 5) is 20.1. The molecule has 1 aliphatic heterocycles. The molecule has 0 bridgehead atoms. The average Bonchev–Trinajstić information content (AvgIpc) is 2.92. The SMILES string of the molecule is CCN1CCCC1CNc1ccnc(C(=O)N(C)C)c1. The first-order chi connectivity index (χ1) is 9.61. The molecule has 0 radical (unpaired) electrons. The summed E-state index contributed by atoms with van der Waals surface area (Å²) in [5.74, 6) is -0.0651. The summed E-state index contributed by atoms with van der Waals surface area (Å²) in [5.41, 5.74) is 1.45. The van der Waals surface area contributed by atoms with Crippen LogP contribution in [0.2, 0.25) is 0 Å². The minimum Gasteiger partial charge on any atom is -0.383 e. The van der Waals surface area contributed by atoms with Gasteiger partial charge in [-0.15, -0.1) is 0 Å². The number of nitrogens with zero attached hydrogens (tertiary/aromatic N) is 3. The van der Waals surface area contributed by atoms with Gasteiger partial charge in [-0.05, 0) is 38.1 Å². The van der Waals surface area contributed by atoms with Gasteiger partial charge in [0.2, 0.25) is 0 Å². The van der Waals surface area contributed by atoms with Crippen molar-refractivity contribution in [3.63, 3.8) is 0 Å². The van der Waals surface area contributed by atoms with Crippen LogP contribution in [0.3, 0.4) is 0 Å². The van der Waals surface area contributed by atoms with Crippen molar-refractivity contribution >= 4 is 11.6 Å². The van der Waals surface area contributed by atoms with Crippen molar-refractivity contribution < 1.29 is 4.79 Å². The highest BCUT2D eigenvalue weighted by Gasteiger charge is 2.22. The molecule has 110 valence electrons. The van der Waals surface area contributed by atoms with Gasteiger partial charge in [-0.3, -0.25) is 14.7 Å². The van der Waals surface area contributed by atoms with Crippen molar-refractivity contribution in [2.45, 2.75) is 25.8 Å². The van der Waals surface area contributed by atoms with E-state index in [2.05, 4.69) is 22.1 Å². The van der Waals surface area contributed by atoms with Gasteiger partial charge in [-0.25, -0.2) is 0 Å². The molecule has 2 rings (SSSR count). The highest BCUT2D eigenvalue weighted by atomic mass is 16.2. The first-order valence-electron chi connectivity index (χ1n) is 7.27. The lowest BCUT2D eigenvalue weighted by atomic mass is 10.2. The fourth-order valence-electron chi connectivity index (χ4n) is 2.66.